The van der Waals surface area contributed by atoms with Gasteiger partial charge in [-0.15, -0.1) is 0 Å². The molecule has 0 aliphatic heterocycles. The molecule has 0 saturated carbocycles. The van der Waals surface area contributed by atoms with E-state index < -0.39 is 0 Å². The van der Waals surface area contributed by atoms with Gasteiger partial charge in [-0.25, -0.2) is 0 Å². The average Bonchev–Trinajstić information content (AvgIpc) is 2.22. The highest BCUT2D eigenvalue weighted by Crippen LogP contribution is 2.21. The van der Waals surface area contributed by atoms with Crippen molar-refractivity contribution in [3.05, 3.63) is 0 Å². The van der Waals surface area contributed by atoms with Crippen molar-refractivity contribution >= 4 is 0 Å². The molecule has 0 bridgehead atoms. The minimum atomic E-state index is 0.316. The summed E-state index contributed by atoms with van der Waals surface area (Å²) in [6, 6.07) is 0.559. The molecule has 0 heterocycles. The van der Waals surface area contributed by atoms with Gasteiger partial charge in [-0.3, -0.25) is 0 Å². The molecule has 17 heavy (non-hydrogen) atoms. The fourth-order valence-corrected chi connectivity index (χ4v) is 1.92. The summed E-state index contributed by atoms with van der Waals surface area (Å²) in [5, 5.41) is 3.61. The van der Waals surface area contributed by atoms with Crippen LogP contribution < -0.4 is 5.32 Å². The maximum absolute atomic E-state index is 3.61. The molecule has 0 aliphatic carbocycles. The SMILES string of the molecule is CCCNC(C)C(C)(C)CN(C)CCN(C)C. The molecule has 3 nitrogen and oxygen atoms in total. The molecule has 0 aliphatic rings. The molecule has 0 radical (unpaired) electrons. The van der Waals surface area contributed by atoms with Gasteiger partial charge in [-0.2, -0.15) is 0 Å². The highest BCUT2D eigenvalue weighted by Gasteiger charge is 2.26. The Labute approximate surface area is 109 Å². The molecule has 0 aromatic carbocycles. The van der Waals surface area contributed by atoms with Crippen LogP contribution >= 0.6 is 0 Å². The summed E-state index contributed by atoms with van der Waals surface area (Å²) < 4.78 is 0. The quantitative estimate of drug-likeness (QED) is 0.667. The Bertz CT molecular complexity index is 190. The number of hydrogen-bond donors (Lipinski definition) is 1. The Kier molecular flexibility index (Phi) is 8.01. The molecule has 104 valence electrons. The van der Waals surface area contributed by atoms with Crippen LogP contribution in [0.5, 0.6) is 0 Å². The van der Waals surface area contributed by atoms with Gasteiger partial charge in [0.05, 0.1) is 0 Å². The van der Waals surface area contributed by atoms with Gasteiger partial charge in [0.15, 0.2) is 0 Å². The lowest BCUT2D eigenvalue weighted by Gasteiger charge is -2.36. The van der Waals surface area contributed by atoms with Gasteiger partial charge >= 0.3 is 0 Å². The number of rotatable bonds is 9. The van der Waals surface area contributed by atoms with Crippen molar-refractivity contribution in [2.45, 2.75) is 40.2 Å². The van der Waals surface area contributed by atoms with Crippen molar-refractivity contribution in [2.75, 3.05) is 47.3 Å². The third-order valence-electron chi connectivity index (χ3n) is 3.48. The monoisotopic (exact) mass is 243 g/mol. The molecular weight excluding hydrogens is 210 g/mol. The Balaban J connectivity index is 4.04. The first-order valence-electron chi connectivity index (χ1n) is 6.86. The lowest BCUT2D eigenvalue weighted by molar-refractivity contribution is 0.157. The minimum absolute atomic E-state index is 0.316. The van der Waals surface area contributed by atoms with Crippen LogP contribution in [0.3, 0.4) is 0 Å². The van der Waals surface area contributed by atoms with Crippen molar-refractivity contribution in [3.63, 3.8) is 0 Å². The molecule has 1 atom stereocenters. The molecule has 1 N–H and O–H groups in total. The molecular formula is C14H33N3. The lowest BCUT2D eigenvalue weighted by Crippen LogP contribution is -2.47. The van der Waals surface area contributed by atoms with E-state index in [4.69, 9.17) is 0 Å². The average molecular weight is 243 g/mol. The van der Waals surface area contributed by atoms with Gasteiger partial charge in [-0.1, -0.05) is 20.8 Å². The summed E-state index contributed by atoms with van der Waals surface area (Å²) in [4.78, 5) is 4.67. The van der Waals surface area contributed by atoms with Crippen LogP contribution in [0.25, 0.3) is 0 Å². The van der Waals surface area contributed by atoms with Gasteiger partial charge in [0.25, 0.3) is 0 Å². The van der Waals surface area contributed by atoms with Crippen LogP contribution in [-0.2, 0) is 0 Å². The lowest BCUT2D eigenvalue weighted by atomic mass is 9.84. The zero-order valence-corrected chi connectivity index (χ0v) is 13.0. The maximum atomic E-state index is 3.61. The normalized spacial score (nSPS) is 14.6. The number of nitrogens with one attached hydrogen (secondary N) is 1. The van der Waals surface area contributed by atoms with Crippen molar-refractivity contribution in [3.8, 4) is 0 Å². The minimum Gasteiger partial charge on any atom is -0.314 e. The van der Waals surface area contributed by atoms with E-state index in [1.165, 1.54) is 6.42 Å². The van der Waals surface area contributed by atoms with Gasteiger partial charge in [0.2, 0.25) is 0 Å². The second-order valence-electron chi connectivity index (χ2n) is 6.21. The highest BCUT2D eigenvalue weighted by atomic mass is 15.2. The Morgan fingerprint density at radius 2 is 1.71 bits per heavy atom. The van der Waals surface area contributed by atoms with Crippen LogP contribution in [-0.4, -0.2) is 63.2 Å². The van der Waals surface area contributed by atoms with E-state index >= 15 is 0 Å². The van der Waals surface area contributed by atoms with Crippen molar-refractivity contribution in [2.24, 2.45) is 5.41 Å². The van der Waals surface area contributed by atoms with Crippen molar-refractivity contribution < 1.29 is 0 Å². The fraction of sp³-hybridized carbons (Fsp3) is 1.00. The third-order valence-corrected chi connectivity index (χ3v) is 3.48. The second-order valence-corrected chi connectivity index (χ2v) is 6.21. The predicted molar refractivity (Wildman–Crippen MR) is 77.6 cm³/mol. The van der Waals surface area contributed by atoms with E-state index in [0.717, 1.165) is 26.2 Å². The molecule has 1 unspecified atom stereocenters. The Hall–Kier alpha value is -0.120. The van der Waals surface area contributed by atoms with Crippen LogP contribution in [0, 0.1) is 5.41 Å². The van der Waals surface area contributed by atoms with E-state index in [2.05, 4.69) is 64.0 Å². The first-order valence-corrected chi connectivity index (χ1v) is 6.86. The summed E-state index contributed by atoms with van der Waals surface area (Å²) in [5.41, 5.74) is 0.316. The largest absolute Gasteiger partial charge is 0.314 e. The molecule has 0 fully saturated rings. The summed E-state index contributed by atoms with van der Waals surface area (Å²) in [6.45, 7) is 13.7. The molecule has 0 rings (SSSR count). The molecule has 3 heteroatoms. The first-order chi connectivity index (χ1) is 7.79. The number of likely N-dealkylation sites (N-methyl/N-ethyl adjacent to an activating group) is 2. The standard InChI is InChI=1S/C14H33N3/c1-8-9-15-13(2)14(3,4)12-17(7)11-10-16(5)6/h13,15H,8-12H2,1-7H3. The van der Waals surface area contributed by atoms with Crippen LogP contribution in [0.4, 0.5) is 0 Å². The highest BCUT2D eigenvalue weighted by molar-refractivity contribution is 4.83. The second kappa shape index (κ2) is 8.06. The molecule has 0 amide bonds. The van der Waals surface area contributed by atoms with E-state index in [1.807, 2.05) is 0 Å². The maximum Gasteiger partial charge on any atom is 0.0106 e. The van der Waals surface area contributed by atoms with E-state index in [-0.39, 0.29) is 0 Å². The predicted octanol–water partition coefficient (Wildman–Crippen LogP) is 1.89. The van der Waals surface area contributed by atoms with Gasteiger partial charge < -0.3 is 15.1 Å². The molecule has 0 saturated heterocycles. The number of hydrogen-bond acceptors (Lipinski definition) is 3. The summed E-state index contributed by atoms with van der Waals surface area (Å²) in [7, 11) is 6.48. The van der Waals surface area contributed by atoms with E-state index in [0.29, 0.717) is 11.5 Å². The zero-order chi connectivity index (χ0) is 13.5. The molecule has 0 spiro atoms. The summed E-state index contributed by atoms with van der Waals surface area (Å²) >= 11 is 0. The fourth-order valence-electron chi connectivity index (χ4n) is 1.92. The smallest absolute Gasteiger partial charge is 0.0106 e. The summed E-state index contributed by atoms with van der Waals surface area (Å²) in [6.07, 6.45) is 1.21. The Morgan fingerprint density at radius 1 is 1.12 bits per heavy atom. The van der Waals surface area contributed by atoms with E-state index in [9.17, 15) is 0 Å². The van der Waals surface area contributed by atoms with Gasteiger partial charge in [-0.05, 0) is 46.4 Å². The van der Waals surface area contributed by atoms with Crippen molar-refractivity contribution in [1.29, 1.82) is 0 Å². The van der Waals surface area contributed by atoms with Gasteiger partial charge in [0, 0.05) is 25.7 Å². The van der Waals surface area contributed by atoms with Crippen LogP contribution in [0.2, 0.25) is 0 Å². The van der Waals surface area contributed by atoms with Crippen LogP contribution in [0.1, 0.15) is 34.1 Å². The third kappa shape index (κ3) is 7.74. The van der Waals surface area contributed by atoms with E-state index in [1.54, 1.807) is 0 Å². The van der Waals surface area contributed by atoms with Crippen molar-refractivity contribution in [1.82, 2.24) is 15.1 Å². The van der Waals surface area contributed by atoms with Crippen LogP contribution in [0.15, 0.2) is 0 Å². The first kappa shape index (κ1) is 16.9. The molecule has 0 aromatic heterocycles. The molecule has 0 aromatic rings. The topological polar surface area (TPSA) is 18.5 Å². The summed E-state index contributed by atoms with van der Waals surface area (Å²) in [5.74, 6) is 0. The Morgan fingerprint density at radius 3 is 2.18 bits per heavy atom. The number of nitrogens with zero attached hydrogens (tertiary/aromatic N) is 2. The van der Waals surface area contributed by atoms with Gasteiger partial charge in [0.1, 0.15) is 0 Å². The zero-order valence-electron chi connectivity index (χ0n) is 13.0.